The van der Waals surface area contributed by atoms with Crippen LogP contribution >= 0.6 is 0 Å². The summed E-state index contributed by atoms with van der Waals surface area (Å²) in [5.74, 6) is -4.22. The number of carbonyl (C=O) groups excluding carboxylic acids is 1. The normalized spacial score (nSPS) is 13.1. The highest BCUT2D eigenvalue weighted by Gasteiger charge is 2.35. The Morgan fingerprint density at radius 1 is 1.58 bits per heavy atom. The van der Waals surface area contributed by atoms with Crippen molar-refractivity contribution < 1.29 is 18.8 Å². The summed E-state index contributed by atoms with van der Waals surface area (Å²) in [6.07, 6.45) is 0. The van der Waals surface area contributed by atoms with E-state index in [4.69, 9.17) is 5.26 Å². The molecule has 0 N–H and O–H groups in total. The summed E-state index contributed by atoms with van der Waals surface area (Å²) in [4.78, 5) is 21.4. The third kappa shape index (κ3) is 3.48. The number of nitriles is 1. The van der Waals surface area contributed by atoms with Crippen LogP contribution in [-0.4, -0.2) is 24.5 Å². The number of rotatable bonds is 5. The largest absolute Gasteiger partial charge is 0.468 e. The molecule has 6 nitrogen and oxygen atoms in total. The van der Waals surface area contributed by atoms with Gasteiger partial charge in [0.2, 0.25) is 6.54 Å². The zero-order valence-corrected chi connectivity index (χ0v) is 10.1. The molecule has 19 heavy (non-hydrogen) atoms. The van der Waals surface area contributed by atoms with Gasteiger partial charge in [-0.05, 0) is 11.6 Å². The second-order valence-electron chi connectivity index (χ2n) is 3.77. The van der Waals surface area contributed by atoms with E-state index in [1.54, 1.807) is 6.07 Å². The third-order valence-electron chi connectivity index (χ3n) is 2.65. The summed E-state index contributed by atoms with van der Waals surface area (Å²) < 4.78 is 18.1. The lowest BCUT2D eigenvalue weighted by atomic mass is 9.86. The number of methoxy groups -OCH3 is 1. The van der Waals surface area contributed by atoms with Gasteiger partial charge < -0.3 is 4.74 Å². The first kappa shape index (κ1) is 14.6. The van der Waals surface area contributed by atoms with Crippen molar-refractivity contribution in [3.05, 3.63) is 45.8 Å². The van der Waals surface area contributed by atoms with Gasteiger partial charge in [0.1, 0.15) is 5.82 Å². The molecular formula is C12H11FN2O4. The van der Waals surface area contributed by atoms with Gasteiger partial charge in [0.25, 0.3) is 0 Å². The Kier molecular flexibility index (Phi) is 4.94. The highest BCUT2D eigenvalue weighted by Crippen LogP contribution is 2.28. The second kappa shape index (κ2) is 6.44. The van der Waals surface area contributed by atoms with E-state index in [1.165, 1.54) is 18.2 Å². The van der Waals surface area contributed by atoms with Crippen LogP contribution in [0.4, 0.5) is 4.39 Å². The van der Waals surface area contributed by atoms with Crippen molar-refractivity contribution in [2.75, 3.05) is 13.7 Å². The van der Waals surface area contributed by atoms with Gasteiger partial charge in [0.15, 0.2) is 5.92 Å². The van der Waals surface area contributed by atoms with Crippen LogP contribution in [0.5, 0.6) is 0 Å². The second-order valence-corrected chi connectivity index (χ2v) is 3.77. The molecule has 0 heterocycles. The number of nitro groups is 1. The van der Waals surface area contributed by atoms with Gasteiger partial charge in [-0.2, -0.15) is 5.26 Å². The molecule has 0 aromatic heterocycles. The van der Waals surface area contributed by atoms with Crippen LogP contribution in [0.15, 0.2) is 24.3 Å². The van der Waals surface area contributed by atoms with Crippen LogP contribution in [0, 0.1) is 33.2 Å². The number of halogens is 1. The third-order valence-corrected chi connectivity index (χ3v) is 2.65. The van der Waals surface area contributed by atoms with Crippen molar-refractivity contribution in [3.63, 3.8) is 0 Å². The summed E-state index contributed by atoms with van der Waals surface area (Å²) >= 11 is 0. The number of esters is 1. The van der Waals surface area contributed by atoms with Crippen molar-refractivity contribution in [2.24, 2.45) is 5.92 Å². The first-order valence-electron chi connectivity index (χ1n) is 5.35. The van der Waals surface area contributed by atoms with E-state index in [1.807, 2.05) is 0 Å². The molecule has 100 valence electrons. The number of hydrogen-bond acceptors (Lipinski definition) is 5. The van der Waals surface area contributed by atoms with Crippen molar-refractivity contribution >= 4 is 5.97 Å². The lowest BCUT2D eigenvalue weighted by molar-refractivity contribution is -0.484. The summed E-state index contributed by atoms with van der Waals surface area (Å²) in [7, 11) is 1.07. The van der Waals surface area contributed by atoms with Crippen LogP contribution < -0.4 is 0 Å². The topological polar surface area (TPSA) is 93.2 Å². The highest BCUT2D eigenvalue weighted by molar-refractivity contribution is 5.76. The van der Waals surface area contributed by atoms with Gasteiger partial charge in [0.05, 0.1) is 19.1 Å². The van der Waals surface area contributed by atoms with E-state index in [2.05, 4.69) is 4.74 Å². The quantitative estimate of drug-likeness (QED) is 0.457. The Morgan fingerprint density at radius 3 is 2.68 bits per heavy atom. The minimum Gasteiger partial charge on any atom is -0.468 e. The molecular weight excluding hydrogens is 255 g/mol. The van der Waals surface area contributed by atoms with Crippen molar-refractivity contribution in [3.8, 4) is 6.07 Å². The molecule has 1 rings (SSSR count). The summed E-state index contributed by atoms with van der Waals surface area (Å²) in [6.45, 7) is -0.728. The molecule has 0 radical (unpaired) electrons. The minimum atomic E-state index is -1.42. The standard InChI is InChI=1S/C12H11FN2O4/c1-19-12(16)9(6-14)10(7-15(17)18)8-4-2-3-5-11(8)13/h2-5,9-10H,7H2,1H3. The maximum Gasteiger partial charge on any atom is 0.323 e. The monoisotopic (exact) mass is 266 g/mol. The molecule has 2 unspecified atom stereocenters. The van der Waals surface area contributed by atoms with Crippen LogP contribution in [0.1, 0.15) is 11.5 Å². The lowest BCUT2D eigenvalue weighted by Gasteiger charge is -2.17. The van der Waals surface area contributed by atoms with Crippen LogP contribution in [0.3, 0.4) is 0 Å². The minimum absolute atomic E-state index is 0.0452. The van der Waals surface area contributed by atoms with E-state index >= 15 is 0 Å². The van der Waals surface area contributed by atoms with Gasteiger partial charge in [0, 0.05) is 4.92 Å². The molecule has 1 aromatic carbocycles. The Hall–Kier alpha value is -2.49. The molecule has 0 bridgehead atoms. The van der Waals surface area contributed by atoms with Crippen molar-refractivity contribution in [1.82, 2.24) is 0 Å². The maximum absolute atomic E-state index is 13.7. The molecule has 0 amide bonds. The molecule has 0 fully saturated rings. The number of benzene rings is 1. The molecule has 0 aliphatic carbocycles. The fourth-order valence-corrected chi connectivity index (χ4v) is 1.75. The van der Waals surface area contributed by atoms with E-state index in [0.717, 1.165) is 13.2 Å². The predicted octanol–water partition coefficient (Wildman–Crippen LogP) is 1.50. The van der Waals surface area contributed by atoms with Gasteiger partial charge in [-0.25, -0.2) is 4.39 Å². The summed E-state index contributed by atoms with van der Waals surface area (Å²) in [5, 5.41) is 19.6. The van der Waals surface area contributed by atoms with Crippen LogP contribution in [0.25, 0.3) is 0 Å². The average molecular weight is 266 g/mol. The smallest absolute Gasteiger partial charge is 0.323 e. The fourth-order valence-electron chi connectivity index (χ4n) is 1.75. The van der Waals surface area contributed by atoms with Crippen molar-refractivity contribution in [2.45, 2.75) is 5.92 Å². The molecule has 0 spiro atoms. The first-order chi connectivity index (χ1) is 9.01. The first-order valence-corrected chi connectivity index (χ1v) is 5.35. The molecule has 0 aliphatic rings. The SMILES string of the molecule is COC(=O)C(C#N)C(C[N+](=O)[O-])c1ccccc1F. The number of hydrogen-bond donors (Lipinski definition) is 0. The molecule has 7 heteroatoms. The Morgan fingerprint density at radius 2 is 2.21 bits per heavy atom. The van der Waals surface area contributed by atoms with Gasteiger partial charge >= 0.3 is 5.97 Å². The van der Waals surface area contributed by atoms with Crippen LogP contribution in [0.2, 0.25) is 0 Å². The van der Waals surface area contributed by atoms with Gasteiger partial charge in [-0.3, -0.25) is 14.9 Å². The number of ether oxygens (including phenoxy) is 1. The van der Waals surface area contributed by atoms with Crippen LogP contribution in [-0.2, 0) is 9.53 Å². The predicted molar refractivity (Wildman–Crippen MR) is 62.1 cm³/mol. The van der Waals surface area contributed by atoms with Crippen molar-refractivity contribution in [1.29, 1.82) is 5.26 Å². The van der Waals surface area contributed by atoms with E-state index in [-0.39, 0.29) is 5.56 Å². The molecule has 0 saturated heterocycles. The maximum atomic E-state index is 13.7. The Bertz CT molecular complexity index is 527. The van der Waals surface area contributed by atoms with E-state index < -0.39 is 35.1 Å². The number of nitrogens with zero attached hydrogens (tertiary/aromatic N) is 2. The Balaban J connectivity index is 3.22. The van der Waals surface area contributed by atoms with E-state index in [9.17, 15) is 19.3 Å². The average Bonchev–Trinajstić information content (AvgIpc) is 2.38. The Labute approximate surface area is 108 Å². The fraction of sp³-hybridized carbons (Fsp3) is 0.333. The summed E-state index contributed by atoms with van der Waals surface area (Å²) in [6, 6.07) is 6.97. The number of carbonyl (C=O) groups is 1. The molecule has 1 aromatic rings. The van der Waals surface area contributed by atoms with E-state index in [0.29, 0.717) is 0 Å². The highest BCUT2D eigenvalue weighted by atomic mass is 19.1. The van der Waals surface area contributed by atoms with Gasteiger partial charge in [-0.1, -0.05) is 18.2 Å². The molecule has 2 atom stereocenters. The summed E-state index contributed by atoms with van der Waals surface area (Å²) in [5.41, 5.74) is -0.0452. The molecule has 0 saturated carbocycles. The molecule has 0 aliphatic heterocycles. The zero-order valence-electron chi connectivity index (χ0n) is 10.1. The zero-order chi connectivity index (χ0) is 14.4. The lowest BCUT2D eigenvalue weighted by Crippen LogP contribution is -2.28. The van der Waals surface area contributed by atoms with Gasteiger partial charge in [-0.15, -0.1) is 0 Å².